The lowest BCUT2D eigenvalue weighted by atomic mass is 9.99. The Balaban J connectivity index is 1.78. The fourth-order valence-electron chi connectivity index (χ4n) is 2.75. The van der Waals surface area contributed by atoms with E-state index < -0.39 is 17.5 Å². The van der Waals surface area contributed by atoms with Gasteiger partial charge in [0, 0.05) is 12.7 Å². The van der Waals surface area contributed by atoms with E-state index in [1.807, 2.05) is 18.2 Å². The van der Waals surface area contributed by atoms with E-state index >= 15 is 0 Å². The zero-order chi connectivity index (χ0) is 18.2. The number of nitrogens with zero attached hydrogens (tertiary/aromatic N) is 2. The number of furan rings is 1. The molecule has 1 aliphatic heterocycles. The molecule has 0 aliphatic carbocycles. The summed E-state index contributed by atoms with van der Waals surface area (Å²) >= 11 is 0. The molecule has 1 fully saturated rings. The molecule has 1 aromatic heterocycles. The summed E-state index contributed by atoms with van der Waals surface area (Å²) in [5, 5.41) is 2.62. The lowest BCUT2D eigenvalue weighted by molar-refractivity contribution is -0.134. The van der Waals surface area contributed by atoms with Gasteiger partial charge in [0.25, 0.3) is 5.91 Å². The SMILES string of the molecule is Cc1ccc(C2(C)NC(=O)N(CC(=O)N(C)c3ccccc3)C2=O)o1. The Morgan fingerprint density at radius 2 is 1.88 bits per heavy atom. The number of imide groups is 1. The van der Waals surface area contributed by atoms with Crippen LogP contribution in [0.25, 0.3) is 0 Å². The molecule has 1 atom stereocenters. The Hall–Kier alpha value is -3.09. The minimum atomic E-state index is -1.31. The summed E-state index contributed by atoms with van der Waals surface area (Å²) in [6.45, 7) is 2.98. The van der Waals surface area contributed by atoms with Gasteiger partial charge < -0.3 is 14.6 Å². The molecule has 0 radical (unpaired) electrons. The van der Waals surface area contributed by atoms with Gasteiger partial charge in [-0.3, -0.25) is 14.5 Å². The number of urea groups is 1. The van der Waals surface area contributed by atoms with Crippen LogP contribution in [0.2, 0.25) is 0 Å². The molecule has 1 aliphatic rings. The van der Waals surface area contributed by atoms with Crippen molar-refractivity contribution >= 4 is 23.5 Å². The Kier molecular flexibility index (Phi) is 4.08. The third-order valence-corrected chi connectivity index (χ3v) is 4.32. The smallest absolute Gasteiger partial charge is 0.325 e. The Bertz CT molecular complexity index is 830. The zero-order valence-electron chi connectivity index (χ0n) is 14.3. The first-order chi connectivity index (χ1) is 11.8. The maximum Gasteiger partial charge on any atom is 0.325 e. The molecular formula is C18H19N3O4. The number of rotatable bonds is 4. The van der Waals surface area contributed by atoms with Gasteiger partial charge in [-0.1, -0.05) is 18.2 Å². The standard InChI is InChI=1S/C18H19N3O4/c1-12-9-10-14(25-12)18(2)16(23)21(17(24)19-18)11-15(22)20(3)13-7-5-4-6-8-13/h4-10H,11H2,1-3H3,(H,19,24). The summed E-state index contributed by atoms with van der Waals surface area (Å²) in [6.07, 6.45) is 0. The summed E-state index contributed by atoms with van der Waals surface area (Å²) in [7, 11) is 1.60. The Labute approximate surface area is 145 Å². The molecule has 1 aromatic carbocycles. The van der Waals surface area contributed by atoms with Crippen molar-refractivity contribution in [2.45, 2.75) is 19.4 Å². The van der Waals surface area contributed by atoms with E-state index in [0.29, 0.717) is 17.2 Å². The number of nitrogens with one attached hydrogen (secondary N) is 1. The first-order valence-electron chi connectivity index (χ1n) is 7.85. The van der Waals surface area contributed by atoms with Crippen LogP contribution in [0.3, 0.4) is 0 Å². The van der Waals surface area contributed by atoms with Gasteiger partial charge in [-0.25, -0.2) is 4.79 Å². The van der Waals surface area contributed by atoms with Crippen LogP contribution in [0.5, 0.6) is 0 Å². The molecule has 2 heterocycles. The fraction of sp³-hybridized carbons (Fsp3) is 0.278. The Morgan fingerprint density at radius 3 is 2.48 bits per heavy atom. The first-order valence-corrected chi connectivity index (χ1v) is 7.85. The fourth-order valence-corrected chi connectivity index (χ4v) is 2.75. The van der Waals surface area contributed by atoms with Crippen LogP contribution in [0.15, 0.2) is 46.9 Å². The molecule has 130 valence electrons. The van der Waals surface area contributed by atoms with Gasteiger partial charge in [-0.2, -0.15) is 0 Å². The van der Waals surface area contributed by atoms with Crippen LogP contribution in [-0.2, 0) is 15.1 Å². The van der Waals surface area contributed by atoms with Crippen molar-refractivity contribution in [1.29, 1.82) is 0 Å². The number of carbonyl (C=O) groups is 3. The lowest BCUT2D eigenvalue weighted by Crippen LogP contribution is -2.43. The van der Waals surface area contributed by atoms with E-state index in [1.165, 1.54) is 4.90 Å². The predicted octanol–water partition coefficient (Wildman–Crippen LogP) is 2.02. The van der Waals surface area contributed by atoms with Gasteiger partial charge in [0.1, 0.15) is 18.1 Å². The van der Waals surface area contributed by atoms with Gasteiger partial charge in [-0.15, -0.1) is 0 Å². The third-order valence-electron chi connectivity index (χ3n) is 4.32. The van der Waals surface area contributed by atoms with E-state index in [0.717, 1.165) is 4.90 Å². The summed E-state index contributed by atoms with van der Waals surface area (Å²) in [5.41, 5.74) is -0.624. The molecule has 1 saturated heterocycles. The Morgan fingerprint density at radius 1 is 1.20 bits per heavy atom. The van der Waals surface area contributed by atoms with Crippen LogP contribution in [0.4, 0.5) is 10.5 Å². The number of para-hydroxylation sites is 1. The van der Waals surface area contributed by atoms with E-state index in [1.54, 1.807) is 45.2 Å². The van der Waals surface area contributed by atoms with Crippen molar-refractivity contribution < 1.29 is 18.8 Å². The zero-order valence-corrected chi connectivity index (χ0v) is 14.3. The average Bonchev–Trinajstić information content (AvgIpc) is 3.13. The average molecular weight is 341 g/mol. The second-order valence-corrected chi connectivity index (χ2v) is 6.15. The van der Waals surface area contributed by atoms with Crippen molar-refractivity contribution in [3.63, 3.8) is 0 Å². The molecule has 3 rings (SSSR count). The van der Waals surface area contributed by atoms with Crippen LogP contribution < -0.4 is 10.2 Å². The highest BCUT2D eigenvalue weighted by Crippen LogP contribution is 2.30. The number of amides is 4. The predicted molar refractivity (Wildman–Crippen MR) is 90.9 cm³/mol. The molecule has 0 spiro atoms. The van der Waals surface area contributed by atoms with Gasteiger partial charge in [0.2, 0.25) is 5.91 Å². The van der Waals surface area contributed by atoms with Crippen molar-refractivity contribution in [2.24, 2.45) is 0 Å². The number of aryl methyl sites for hydroxylation is 1. The maximum atomic E-state index is 12.8. The largest absolute Gasteiger partial charge is 0.463 e. The lowest BCUT2D eigenvalue weighted by Gasteiger charge is -2.21. The van der Waals surface area contributed by atoms with Crippen molar-refractivity contribution in [3.05, 3.63) is 54.0 Å². The molecule has 4 amide bonds. The molecule has 7 heteroatoms. The molecule has 0 bridgehead atoms. The monoisotopic (exact) mass is 341 g/mol. The minimum absolute atomic E-state index is 0.342. The van der Waals surface area contributed by atoms with Crippen molar-refractivity contribution in [2.75, 3.05) is 18.5 Å². The quantitative estimate of drug-likeness (QED) is 0.863. The number of benzene rings is 1. The number of carbonyl (C=O) groups excluding carboxylic acids is 3. The summed E-state index contributed by atoms with van der Waals surface area (Å²) in [6, 6.07) is 11.8. The second kappa shape index (κ2) is 6.08. The van der Waals surface area contributed by atoms with Crippen LogP contribution >= 0.6 is 0 Å². The number of likely N-dealkylation sites (N-methyl/N-ethyl adjacent to an activating group) is 1. The number of anilines is 1. The molecular weight excluding hydrogens is 322 g/mol. The van der Waals surface area contributed by atoms with Gasteiger partial charge >= 0.3 is 6.03 Å². The summed E-state index contributed by atoms with van der Waals surface area (Å²) in [4.78, 5) is 39.8. The number of hydrogen-bond donors (Lipinski definition) is 1. The second-order valence-electron chi connectivity index (χ2n) is 6.15. The first kappa shape index (κ1) is 16.8. The van der Waals surface area contributed by atoms with E-state index in [9.17, 15) is 14.4 Å². The third kappa shape index (κ3) is 2.88. The highest BCUT2D eigenvalue weighted by molar-refractivity contribution is 6.10. The highest BCUT2D eigenvalue weighted by atomic mass is 16.3. The van der Waals surface area contributed by atoms with E-state index in [-0.39, 0.29) is 12.5 Å². The van der Waals surface area contributed by atoms with E-state index in [2.05, 4.69) is 5.32 Å². The molecule has 1 N–H and O–H groups in total. The molecule has 2 aromatic rings. The van der Waals surface area contributed by atoms with Crippen molar-refractivity contribution in [1.82, 2.24) is 10.2 Å². The van der Waals surface area contributed by atoms with Gasteiger partial charge in [-0.05, 0) is 38.1 Å². The van der Waals surface area contributed by atoms with Crippen molar-refractivity contribution in [3.8, 4) is 0 Å². The molecule has 25 heavy (non-hydrogen) atoms. The van der Waals surface area contributed by atoms with Crippen LogP contribution in [0, 0.1) is 6.92 Å². The van der Waals surface area contributed by atoms with E-state index in [4.69, 9.17) is 4.42 Å². The topological polar surface area (TPSA) is 82.9 Å². The van der Waals surface area contributed by atoms with Gasteiger partial charge in [0.15, 0.2) is 5.54 Å². The molecule has 0 saturated carbocycles. The van der Waals surface area contributed by atoms with Crippen LogP contribution in [-0.4, -0.2) is 36.3 Å². The van der Waals surface area contributed by atoms with Gasteiger partial charge in [0.05, 0.1) is 0 Å². The normalized spacial score (nSPS) is 19.9. The summed E-state index contributed by atoms with van der Waals surface area (Å²) < 4.78 is 5.50. The molecule has 1 unspecified atom stereocenters. The summed E-state index contributed by atoms with van der Waals surface area (Å²) in [5.74, 6) is 0.0996. The number of hydrogen-bond acceptors (Lipinski definition) is 4. The maximum absolute atomic E-state index is 12.8. The molecule has 7 nitrogen and oxygen atoms in total. The minimum Gasteiger partial charge on any atom is -0.463 e. The highest BCUT2D eigenvalue weighted by Gasteiger charge is 2.51. The van der Waals surface area contributed by atoms with Crippen LogP contribution in [0.1, 0.15) is 18.4 Å².